The number of hydrogen-bond donors (Lipinski definition) is 1. The zero-order valence-corrected chi connectivity index (χ0v) is 14.9. The number of amides is 1. The minimum absolute atomic E-state index is 0.0322. The predicted octanol–water partition coefficient (Wildman–Crippen LogP) is 3.48. The van der Waals surface area contributed by atoms with Crippen LogP contribution in [-0.2, 0) is 4.79 Å². The Morgan fingerprint density at radius 1 is 1.20 bits per heavy atom. The molecule has 1 fully saturated rings. The summed E-state index contributed by atoms with van der Waals surface area (Å²) in [6.07, 6.45) is 4.42. The molecular weight excluding hydrogens is 332 g/mol. The summed E-state index contributed by atoms with van der Waals surface area (Å²) < 4.78 is 5.70. The molecule has 25 heavy (non-hydrogen) atoms. The number of likely N-dealkylation sites (tertiary alicyclic amines) is 1. The lowest BCUT2D eigenvalue weighted by Crippen LogP contribution is -2.37. The number of nitrogens with one attached hydrogen (secondary N) is 1. The fourth-order valence-electron chi connectivity index (χ4n) is 3.49. The molecule has 0 unspecified atom stereocenters. The molecule has 2 aliphatic rings. The Balaban J connectivity index is 1.44. The summed E-state index contributed by atoms with van der Waals surface area (Å²) in [4.78, 5) is 16.4. The van der Waals surface area contributed by atoms with Crippen LogP contribution in [0.1, 0.15) is 29.3 Å². The van der Waals surface area contributed by atoms with Crippen LogP contribution < -0.4 is 10.1 Å². The number of hydrogen-bond acceptors (Lipinski definition) is 4. The second-order valence-electron chi connectivity index (χ2n) is 6.48. The van der Waals surface area contributed by atoms with E-state index in [2.05, 4.69) is 27.7 Å². The van der Waals surface area contributed by atoms with Gasteiger partial charge >= 0.3 is 0 Å². The van der Waals surface area contributed by atoms with E-state index in [-0.39, 0.29) is 11.9 Å². The molecule has 4 nitrogen and oxygen atoms in total. The summed E-state index contributed by atoms with van der Waals surface area (Å²) in [6, 6.07) is 12.3. The Kier molecular flexibility index (Phi) is 4.85. The third-order valence-electron chi connectivity index (χ3n) is 4.83. The van der Waals surface area contributed by atoms with Gasteiger partial charge in [0, 0.05) is 17.0 Å². The van der Waals surface area contributed by atoms with Crippen LogP contribution in [-0.4, -0.2) is 37.0 Å². The molecule has 1 saturated heterocycles. The summed E-state index contributed by atoms with van der Waals surface area (Å²) in [5.41, 5.74) is 1.65. The van der Waals surface area contributed by atoms with E-state index < -0.39 is 0 Å². The second-order valence-corrected chi connectivity index (χ2v) is 7.46. The van der Waals surface area contributed by atoms with Crippen molar-refractivity contribution in [3.8, 4) is 5.75 Å². The quantitative estimate of drug-likeness (QED) is 0.894. The number of fused-ring (bicyclic) bond motifs is 1. The van der Waals surface area contributed by atoms with Gasteiger partial charge in [-0.3, -0.25) is 9.69 Å². The van der Waals surface area contributed by atoms with Gasteiger partial charge in [-0.25, -0.2) is 0 Å². The van der Waals surface area contributed by atoms with Crippen LogP contribution in [0.15, 0.2) is 47.4 Å². The maximum atomic E-state index is 12.6. The topological polar surface area (TPSA) is 41.6 Å². The molecule has 1 N–H and O–H groups in total. The smallest absolute Gasteiger partial charge is 0.250 e. The first kappa shape index (κ1) is 16.4. The normalized spacial score (nSPS) is 18.2. The average Bonchev–Trinajstić information content (AvgIpc) is 3.36. The van der Waals surface area contributed by atoms with Crippen molar-refractivity contribution in [2.45, 2.75) is 18.9 Å². The Morgan fingerprint density at radius 2 is 2.04 bits per heavy atom. The van der Waals surface area contributed by atoms with Crippen molar-refractivity contribution < 1.29 is 9.53 Å². The molecule has 0 radical (unpaired) electrons. The number of para-hydroxylation sites is 1. The molecule has 0 aliphatic carbocycles. The number of benzene rings is 1. The van der Waals surface area contributed by atoms with E-state index in [4.69, 9.17) is 4.74 Å². The maximum Gasteiger partial charge on any atom is 0.250 e. The molecule has 2 aliphatic heterocycles. The maximum absolute atomic E-state index is 12.6. The molecule has 0 spiro atoms. The van der Waals surface area contributed by atoms with Gasteiger partial charge in [-0.05, 0) is 49.5 Å². The first-order valence-electron chi connectivity index (χ1n) is 8.79. The Labute approximate surface area is 152 Å². The summed E-state index contributed by atoms with van der Waals surface area (Å²) in [5, 5.41) is 5.23. The van der Waals surface area contributed by atoms with Gasteiger partial charge in [0.2, 0.25) is 0 Å². The van der Waals surface area contributed by atoms with E-state index in [1.165, 1.54) is 17.7 Å². The van der Waals surface area contributed by atoms with Crippen molar-refractivity contribution in [3.63, 3.8) is 0 Å². The van der Waals surface area contributed by atoms with Crippen molar-refractivity contribution in [1.29, 1.82) is 0 Å². The summed E-state index contributed by atoms with van der Waals surface area (Å²) >= 11 is 1.76. The molecule has 1 amide bonds. The fraction of sp³-hybridized carbons (Fsp3) is 0.350. The molecule has 1 aromatic carbocycles. The lowest BCUT2D eigenvalue weighted by molar-refractivity contribution is -0.118. The predicted molar refractivity (Wildman–Crippen MR) is 101 cm³/mol. The van der Waals surface area contributed by atoms with Crippen LogP contribution in [0.25, 0.3) is 6.08 Å². The molecule has 3 heterocycles. The number of rotatable bonds is 5. The lowest BCUT2D eigenvalue weighted by atomic mass is 10.1. The summed E-state index contributed by atoms with van der Waals surface area (Å²) in [5.74, 6) is 0.808. The molecule has 130 valence electrons. The number of carbonyl (C=O) groups excluding carboxylic acids is 1. The van der Waals surface area contributed by atoms with Crippen molar-refractivity contribution >= 4 is 23.3 Å². The van der Waals surface area contributed by atoms with Gasteiger partial charge in [-0.15, -0.1) is 11.3 Å². The fourth-order valence-corrected chi connectivity index (χ4v) is 4.35. The van der Waals surface area contributed by atoms with E-state index in [0.717, 1.165) is 24.4 Å². The highest BCUT2D eigenvalue weighted by Crippen LogP contribution is 2.29. The summed E-state index contributed by atoms with van der Waals surface area (Å²) in [6.45, 7) is 3.18. The molecule has 5 heteroatoms. The molecule has 1 atom stereocenters. The van der Waals surface area contributed by atoms with Gasteiger partial charge in [0.25, 0.3) is 5.91 Å². The molecule has 4 rings (SSSR count). The Bertz CT molecular complexity index is 764. The standard InChI is InChI=1S/C20H22N2O2S/c23-20(16-12-15-6-1-2-7-18(15)24-14-16)21-13-17(19-8-5-11-25-19)22-9-3-4-10-22/h1-2,5-8,11-12,17H,3-4,9-10,13-14H2,(H,21,23)/t17-/m1/s1. The third-order valence-corrected chi connectivity index (χ3v) is 5.81. The van der Waals surface area contributed by atoms with Crippen molar-refractivity contribution in [3.05, 3.63) is 57.8 Å². The number of nitrogens with zero attached hydrogens (tertiary/aromatic N) is 1. The summed E-state index contributed by atoms with van der Waals surface area (Å²) in [7, 11) is 0. The number of carbonyl (C=O) groups is 1. The first-order valence-corrected chi connectivity index (χ1v) is 9.67. The number of ether oxygens (including phenoxy) is 1. The molecule has 0 saturated carbocycles. The van der Waals surface area contributed by atoms with Gasteiger partial charge in [0.15, 0.2) is 0 Å². The van der Waals surface area contributed by atoms with Gasteiger partial charge in [0.05, 0.1) is 11.6 Å². The lowest BCUT2D eigenvalue weighted by Gasteiger charge is -2.27. The van der Waals surface area contributed by atoms with E-state index in [1.54, 1.807) is 11.3 Å². The minimum Gasteiger partial charge on any atom is -0.488 e. The van der Waals surface area contributed by atoms with Crippen LogP contribution >= 0.6 is 11.3 Å². The third kappa shape index (κ3) is 3.62. The zero-order valence-electron chi connectivity index (χ0n) is 14.1. The number of thiophene rings is 1. The largest absolute Gasteiger partial charge is 0.488 e. The van der Waals surface area contributed by atoms with Crippen molar-refractivity contribution in [1.82, 2.24) is 10.2 Å². The highest BCUT2D eigenvalue weighted by molar-refractivity contribution is 7.10. The van der Waals surface area contributed by atoms with Crippen LogP contribution in [0.3, 0.4) is 0 Å². The van der Waals surface area contributed by atoms with Crippen LogP contribution in [0.2, 0.25) is 0 Å². The monoisotopic (exact) mass is 354 g/mol. The first-order chi connectivity index (χ1) is 12.3. The minimum atomic E-state index is -0.0322. The molecule has 0 bridgehead atoms. The van der Waals surface area contributed by atoms with Gasteiger partial charge < -0.3 is 10.1 Å². The Hall–Kier alpha value is -2.11. The van der Waals surface area contributed by atoms with Crippen molar-refractivity contribution in [2.24, 2.45) is 0 Å². The van der Waals surface area contributed by atoms with Gasteiger partial charge in [0.1, 0.15) is 12.4 Å². The van der Waals surface area contributed by atoms with Crippen LogP contribution in [0.5, 0.6) is 5.75 Å². The molecular formula is C20H22N2O2S. The average molecular weight is 354 g/mol. The molecule has 2 aromatic rings. The van der Waals surface area contributed by atoms with Crippen LogP contribution in [0.4, 0.5) is 0 Å². The Morgan fingerprint density at radius 3 is 2.84 bits per heavy atom. The van der Waals surface area contributed by atoms with E-state index in [9.17, 15) is 4.79 Å². The van der Waals surface area contributed by atoms with E-state index >= 15 is 0 Å². The van der Waals surface area contributed by atoms with Gasteiger partial charge in [-0.1, -0.05) is 24.3 Å². The van der Waals surface area contributed by atoms with Crippen molar-refractivity contribution in [2.75, 3.05) is 26.2 Å². The highest BCUT2D eigenvalue weighted by atomic mass is 32.1. The van der Waals surface area contributed by atoms with Crippen LogP contribution in [0, 0.1) is 0 Å². The van der Waals surface area contributed by atoms with E-state index in [1.807, 2.05) is 30.3 Å². The SMILES string of the molecule is O=C(NC[C@H](c1cccs1)N1CCCC1)C1=Cc2ccccc2OC1. The van der Waals surface area contributed by atoms with E-state index in [0.29, 0.717) is 18.7 Å². The highest BCUT2D eigenvalue weighted by Gasteiger charge is 2.25. The second kappa shape index (κ2) is 7.42. The van der Waals surface area contributed by atoms with Gasteiger partial charge in [-0.2, -0.15) is 0 Å². The zero-order chi connectivity index (χ0) is 17.1. The molecule has 1 aromatic heterocycles.